The number of nitrogen functional groups attached to an aromatic ring is 1. The molecule has 0 fully saturated rings. The Hall–Kier alpha value is -2.02. The average molecular weight is 267 g/mol. The molecule has 7 heteroatoms. The van der Waals surface area contributed by atoms with Crippen LogP contribution in [-0.4, -0.2) is 13.6 Å². The number of rotatable bonds is 3. The second-order valence-corrected chi connectivity index (χ2v) is 5.57. The van der Waals surface area contributed by atoms with Crippen LogP contribution in [0.3, 0.4) is 0 Å². The van der Waals surface area contributed by atoms with Gasteiger partial charge in [0.25, 0.3) is 10.0 Å². The molecule has 0 amide bonds. The monoisotopic (exact) mass is 267 g/mol. The minimum absolute atomic E-state index is 0.0857. The maximum atomic E-state index is 12.1. The van der Waals surface area contributed by atoms with Crippen molar-refractivity contribution >= 4 is 21.5 Å². The highest BCUT2D eigenvalue weighted by atomic mass is 32.2. The number of hydrogen-bond donors (Lipinski definition) is 2. The van der Waals surface area contributed by atoms with Gasteiger partial charge in [-0.1, -0.05) is 11.2 Å². The fourth-order valence-electron chi connectivity index (χ4n) is 1.38. The first-order valence-electron chi connectivity index (χ1n) is 5.21. The highest BCUT2D eigenvalue weighted by Crippen LogP contribution is 2.21. The lowest BCUT2D eigenvalue weighted by Gasteiger charge is -2.06. The van der Waals surface area contributed by atoms with Crippen LogP contribution in [0.5, 0.6) is 0 Å². The van der Waals surface area contributed by atoms with Gasteiger partial charge in [0, 0.05) is 11.3 Å². The fraction of sp³-hybridized carbons (Fsp3) is 0.182. The van der Waals surface area contributed by atoms with Gasteiger partial charge in [0.05, 0.1) is 4.90 Å². The van der Waals surface area contributed by atoms with E-state index < -0.39 is 10.0 Å². The van der Waals surface area contributed by atoms with Gasteiger partial charge in [-0.3, -0.25) is 4.72 Å². The Labute approximate surface area is 105 Å². The summed E-state index contributed by atoms with van der Waals surface area (Å²) in [6.45, 7) is 3.43. The van der Waals surface area contributed by atoms with E-state index in [9.17, 15) is 8.42 Å². The first-order chi connectivity index (χ1) is 8.40. The molecule has 0 spiro atoms. The van der Waals surface area contributed by atoms with Crippen LogP contribution in [0.4, 0.5) is 11.5 Å². The van der Waals surface area contributed by atoms with Crippen molar-refractivity contribution < 1.29 is 12.9 Å². The molecule has 0 atom stereocenters. The molecule has 0 unspecified atom stereocenters. The molecule has 2 aromatic rings. The van der Waals surface area contributed by atoms with Crippen molar-refractivity contribution in [2.24, 2.45) is 0 Å². The van der Waals surface area contributed by atoms with Crippen LogP contribution in [0, 0.1) is 13.8 Å². The molecule has 0 bridgehead atoms. The number of anilines is 2. The van der Waals surface area contributed by atoms with Crippen molar-refractivity contribution in [2.75, 3.05) is 10.5 Å². The summed E-state index contributed by atoms with van der Waals surface area (Å²) in [5.74, 6) is 0.759. The Balaban J connectivity index is 2.36. The van der Waals surface area contributed by atoms with Crippen LogP contribution in [0.1, 0.15) is 11.3 Å². The lowest BCUT2D eigenvalue weighted by molar-refractivity contribution is 0.399. The van der Waals surface area contributed by atoms with Crippen molar-refractivity contribution in [1.82, 2.24) is 5.16 Å². The van der Waals surface area contributed by atoms with E-state index in [1.165, 1.54) is 12.1 Å². The number of hydrogen-bond acceptors (Lipinski definition) is 5. The molecule has 0 aliphatic carbocycles. The van der Waals surface area contributed by atoms with Gasteiger partial charge in [-0.2, -0.15) is 0 Å². The molecule has 1 aromatic carbocycles. The SMILES string of the molecule is Cc1onc(NS(=O)(=O)c2cccc(N)c2)c1C. The maximum Gasteiger partial charge on any atom is 0.263 e. The van der Waals surface area contributed by atoms with Crippen LogP contribution >= 0.6 is 0 Å². The van der Waals surface area contributed by atoms with Gasteiger partial charge >= 0.3 is 0 Å². The third-order valence-electron chi connectivity index (χ3n) is 2.56. The van der Waals surface area contributed by atoms with Crippen LogP contribution < -0.4 is 10.5 Å². The van der Waals surface area contributed by atoms with E-state index in [4.69, 9.17) is 10.3 Å². The number of nitrogens with one attached hydrogen (secondary N) is 1. The molecular weight excluding hydrogens is 254 g/mol. The molecule has 1 heterocycles. The summed E-state index contributed by atoms with van der Waals surface area (Å²) in [7, 11) is -3.70. The Bertz CT molecular complexity index is 677. The molecule has 96 valence electrons. The molecule has 18 heavy (non-hydrogen) atoms. The van der Waals surface area contributed by atoms with E-state index in [2.05, 4.69) is 9.88 Å². The van der Waals surface area contributed by atoms with E-state index >= 15 is 0 Å². The molecule has 6 nitrogen and oxygen atoms in total. The van der Waals surface area contributed by atoms with Gasteiger partial charge in [-0.25, -0.2) is 8.42 Å². The van der Waals surface area contributed by atoms with Gasteiger partial charge < -0.3 is 10.3 Å². The number of aryl methyl sites for hydroxylation is 1. The van der Waals surface area contributed by atoms with Crippen LogP contribution in [0.2, 0.25) is 0 Å². The van der Waals surface area contributed by atoms with Gasteiger partial charge in [-0.15, -0.1) is 0 Å². The average Bonchev–Trinajstić information content (AvgIpc) is 2.61. The molecule has 0 saturated heterocycles. The predicted octanol–water partition coefficient (Wildman–Crippen LogP) is 1.67. The maximum absolute atomic E-state index is 12.1. The second-order valence-electron chi connectivity index (χ2n) is 3.89. The summed E-state index contributed by atoms with van der Waals surface area (Å²) in [5.41, 5.74) is 6.59. The second kappa shape index (κ2) is 4.34. The fourth-order valence-corrected chi connectivity index (χ4v) is 2.49. The minimum Gasteiger partial charge on any atom is -0.399 e. The van der Waals surface area contributed by atoms with Crippen molar-refractivity contribution in [1.29, 1.82) is 0 Å². The molecule has 2 rings (SSSR count). The zero-order valence-electron chi connectivity index (χ0n) is 9.97. The van der Waals surface area contributed by atoms with Gasteiger partial charge in [-0.05, 0) is 32.0 Å². The van der Waals surface area contributed by atoms with Crippen molar-refractivity contribution in [3.8, 4) is 0 Å². The van der Waals surface area contributed by atoms with Crippen LogP contribution in [0.15, 0.2) is 33.7 Å². The summed E-state index contributed by atoms with van der Waals surface area (Å²) in [5, 5.41) is 3.65. The standard InChI is InChI=1S/C11H13N3O3S/c1-7-8(2)17-13-11(7)14-18(15,16)10-5-3-4-9(12)6-10/h3-6H,12H2,1-2H3,(H,13,14). The van der Waals surface area contributed by atoms with Gasteiger partial charge in [0.1, 0.15) is 5.76 Å². The van der Waals surface area contributed by atoms with Crippen molar-refractivity contribution in [3.05, 3.63) is 35.6 Å². The van der Waals surface area contributed by atoms with E-state index in [1.54, 1.807) is 26.0 Å². The zero-order chi connectivity index (χ0) is 13.3. The van der Waals surface area contributed by atoms with E-state index in [-0.39, 0.29) is 10.7 Å². The molecule has 0 saturated carbocycles. The largest absolute Gasteiger partial charge is 0.399 e. The molecular formula is C11H13N3O3S. The first kappa shape index (κ1) is 12.4. The number of nitrogens with two attached hydrogens (primary N) is 1. The quantitative estimate of drug-likeness (QED) is 0.824. The lowest BCUT2D eigenvalue weighted by atomic mass is 10.3. The highest BCUT2D eigenvalue weighted by molar-refractivity contribution is 7.92. The van der Waals surface area contributed by atoms with Crippen LogP contribution in [-0.2, 0) is 10.0 Å². The third-order valence-corrected chi connectivity index (χ3v) is 3.89. The number of benzene rings is 1. The molecule has 3 N–H and O–H groups in total. The Kier molecular flexibility index (Phi) is 3.00. The highest BCUT2D eigenvalue weighted by Gasteiger charge is 2.18. The summed E-state index contributed by atoms with van der Waals surface area (Å²) in [4.78, 5) is 0.0857. The Morgan fingerprint density at radius 1 is 1.33 bits per heavy atom. The van der Waals surface area contributed by atoms with Gasteiger partial charge in [0.15, 0.2) is 5.82 Å². The molecule has 0 radical (unpaired) electrons. The third kappa shape index (κ3) is 2.30. The zero-order valence-corrected chi connectivity index (χ0v) is 10.8. The molecule has 1 aromatic heterocycles. The summed E-state index contributed by atoms with van der Waals surface area (Å²) in [6, 6.07) is 6.03. The van der Waals surface area contributed by atoms with E-state index in [1.807, 2.05) is 0 Å². The normalized spacial score (nSPS) is 11.4. The summed E-state index contributed by atoms with van der Waals surface area (Å²) >= 11 is 0. The smallest absolute Gasteiger partial charge is 0.263 e. The summed E-state index contributed by atoms with van der Waals surface area (Å²) in [6.07, 6.45) is 0. The first-order valence-corrected chi connectivity index (χ1v) is 6.70. The Morgan fingerprint density at radius 3 is 2.61 bits per heavy atom. The van der Waals surface area contributed by atoms with Gasteiger partial charge in [0.2, 0.25) is 0 Å². The van der Waals surface area contributed by atoms with E-state index in [0.29, 0.717) is 17.0 Å². The number of sulfonamides is 1. The van der Waals surface area contributed by atoms with E-state index in [0.717, 1.165) is 0 Å². The van der Waals surface area contributed by atoms with Crippen LogP contribution in [0.25, 0.3) is 0 Å². The summed E-state index contributed by atoms with van der Waals surface area (Å²) < 4.78 is 31.4. The number of aromatic nitrogens is 1. The minimum atomic E-state index is -3.70. The number of nitrogens with zero attached hydrogens (tertiary/aromatic N) is 1. The predicted molar refractivity (Wildman–Crippen MR) is 67.6 cm³/mol. The Morgan fingerprint density at radius 2 is 2.06 bits per heavy atom. The molecule has 0 aliphatic rings. The topological polar surface area (TPSA) is 98.2 Å². The van der Waals surface area contributed by atoms with Crippen molar-refractivity contribution in [2.45, 2.75) is 18.7 Å². The lowest BCUT2D eigenvalue weighted by Crippen LogP contribution is -2.14. The molecule has 0 aliphatic heterocycles. The van der Waals surface area contributed by atoms with Crippen molar-refractivity contribution in [3.63, 3.8) is 0 Å².